The first-order valence-electron chi connectivity index (χ1n) is 10.3. The van der Waals surface area contributed by atoms with Crippen LogP contribution in [0.3, 0.4) is 0 Å². The number of amidine groups is 1. The predicted octanol–water partition coefficient (Wildman–Crippen LogP) is 6.62. The standard InChI is InChI=1S/C24H26ClIN2O3S/c1-14(2)27-24-28(15(3)4)23(29)21(32-24)12-16-10-19(26)22(20(11-16)30-5)31-13-17-8-6-7-9-18(17)25/h6-12,14-15H,13H2,1-5H3/b21-12+,27-24?. The zero-order valence-electron chi connectivity index (χ0n) is 18.7. The van der Waals surface area contributed by atoms with E-state index < -0.39 is 0 Å². The Morgan fingerprint density at radius 2 is 1.94 bits per heavy atom. The molecule has 1 amide bonds. The molecule has 0 atom stereocenters. The zero-order chi connectivity index (χ0) is 23.4. The highest BCUT2D eigenvalue weighted by atomic mass is 127. The molecule has 1 aliphatic rings. The van der Waals surface area contributed by atoms with Crippen molar-refractivity contribution in [3.05, 3.63) is 61.0 Å². The molecule has 0 radical (unpaired) electrons. The molecule has 5 nitrogen and oxygen atoms in total. The number of ether oxygens (including phenoxy) is 2. The van der Waals surface area contributed by atoms with Gasteiger partial charge in [-0.3, -0.25) is 14.7 Å². The molecule has 0 unspecified atom stereocenters. The van der Waals surface area contributed by atoms with Gasteiger partial charge >= 0.3 is 0 Å². The lowest BCUT2D eigenvalue weighted by atomic mass is 10.1. The molecule has 1 fully saturated rings. The van der Waals surface area contributed by atoms with Gasteiger partial charge in [0.15, 0.2) is 16.7 Å². The van der Waals surface area contributed by atoms with Crippen LogP contribution in [0, 0.1) is 3.57 Å². The maximum atomic E-state index is 13.0. The molecule has 0 aliphatic carbocycles. The van der Waals surface area contributed by atoms with Crippen LogP contribution in [0.25, 0.3) is 6.08 Å². The number of hydrogen-bond donors (Lipinski definition) is 0. The molecule has 8 heteroatoms. The lowest BCUT2D eigenvalue weighted by Gasteiger charge is -2.20. The third-order valence-electron chi connectivity index (χ3n) is 4.60. The van der Waals surface area contributed by atoms with Crippen molar-refractivity contribution in [2.75, 3.05) is 7.11 Å². The average Bonchev–Trinajstić information content (AvgIpc) is 3.02. The summed E-state index contributed by atoms with van der Waals surface area (Å²) in [7, 11) is 1.61. The number of benzene rings is 2. The van der Waals surface area contributed by atoms with Gasteiger partial charge in [-0.1, -0.05) is 29.8 Å². The van der Waals surface area contributed by atoms with E-state index in [1.54, 1.807) is 12.0 Å². The largest absolute Gasteiger partial charge is 0.493 e. The van der Waals surface area contributed by atoms with E-state index in [9.17, 15) is 4.79 Å². The van der Waals surface area contributed by atoms with Crippen LogP contribution in [0.15, 0.2) is 46.3 Å². The Kier molecular flexibility index (Phi) is 8.52. The van der Waals surface area contributed by atoms with Gasteiger partial charge < -0.3 is 9.47 Å². The van der Waals surface area contributed by atoms with E-state index in [0.717, 1.165) is 19.9 Å². The van der Waals surface area contributed by atoms with Crippen LogP contribution < -0.4 is 9.47 Å². The van der Waals surface area contributed by atoms with Crippen LogP contribution in [0.5, 0.6) is 11.5 Å². The SMILES string of the molecule is COc1cc(/C=C2/SC(=NC(C)C)N(C(C)C)C2=O)cc(I)c1OCc1ccccc1Cl. The van der Waals surface area contributed by atoms with E-state index in [1.807, 2.05) is 70.2 Å². The van der Waals surface area contributed by atoms with E-state index in [-0.39, 0.29) is 18.0 Å². The van der Waals surface area contributed by atoms with Gasteiger partial charge in [0, 0.05) is 22.7 Å². The first kappa shape index (κ1) is 24.9. The quantitative estimate of drug-likeness (QED) is 0.271. The Balaban J connectivity index is 1.89. The van der Waals surface area contributed by atoms with Crippen LogP contribution >= 0.6 is 46.0 Å². The Bertz CT molecular complexity index is 1070. The number of rotatable bonds is 7. The second kappa shape index (κ2) is 10.9. The molecule has 0 bridgehead atoms. The Morgan fingerprint density at radius 3 is 2.56 bits per heavy atom. The van der Waals surface area contributed by atoms with Crippen molar-refractivity contribution < 1.29 is 14.3 Å². The van der Waals surface area contributed by atoms with Gasteiger partial charge in [0.1, 0.15) is 6.61 Å². The van der Waals surface area contributed by atoms with Gasteiger partial charge in [0.2, 0.25) is 0 Å². The number of nitrogens with zero attached hydrogens (tertiary/aromatic N) is 2. The first-order chi connectivity index (χ1) is 15.2. The fraction of sp³-hybridized carbons (Fsp3) is 0.333. The van der Waals surface area contributed by atoms with Crippen LogP contribution in [0.2, 0.25) is 5.02 Å². The highest BCUT2D eigenvalue weighted by Gasteiger charge is 2.35. The van der Waals surface area contributed by atoms with E-state index in [1.165, 1.54) is 11.8 Å². The normalized spacial score (nSPS) is 16.7. The fourth-order valence-electron chi connectivity index (χ4n) is 3.13. The van der Waals surface area contributed by atoms with Gasteiger partial charge in [-0.25, -0.2) is 0 Å². The molecule has 2 aromatic carbocycles. The van der Waals surface area contributed by atoms with E-state index in [4.69, 9.17) is 21.1 Å². The Morgan fingerprint density at radius 1 is 1.22 bits per heavy atom. The van der Waals surface area contributed by atoms with Crippen molar-refractivity contribution in [1.82, 2.24) is 4.90 Å². The fourth-order valence-corrected chi connectivity index (χ4v) is 5.34. The lowest BCUT2D eigenvalue weighted by molar-refractivity contribution is -0.123. The summed E-state index contributed by atoms with van der Waals surface area (Å²) < 4.78 is 12.5. The number of carbonyl (C=O) groups is 1. The molecule has 170 valence electrons. The summed E-state index contributed by atoms with van der Waals surface area (Å²) in [4.78, 5) is 20.0. The summed E-state index contributed by atoms with van der Waals surface area (Å²) in [5.41, 5.74) is 1.76. The number of carbonyl (C=O) groups excluding carboxylic acids is 1. The molecule has 2 aromatic rings. The topological polar surface area (TPSA) is 51.1 Å². The van der Waals surface area contributed by atoms with Crippen molar-refractivity contribution >= 4 is 63.1 Å². The lowest BCUT2D eigenvalue weighted by Crippen LogP contribution is -2.35. The molecular weight excluding hydrogens is 559 g/mol. The molecule has 1 heterocycles. The minimum atomic E-state index is -0.0302. The summed E-state index contributed by atoms with van der Waals surface area (Å²) in [6, 6.07) is 11.6. The maximum Gasteiger partial charge on any atom is 0.266 e. The van der Waals surface area contributed by atoms with E-state index in [2.05, 4.69) is 27.6 Å². The molecule has 1 saturated heterocycles. The Labute approximate surface area is 212 Å². The summed E-state index contributed by atoms with van der Waals surface area (Å²) in [6.07, 6.45) is 1.88. The molecule has 32 heavy (non-hydrogen) atoms. The first-order valence-corrected chi connectivity index (χ1v) is 12.5. The molecule has 0 aromatic heterocycles. The van der Waals surface area contributed by atoms with Gasteiger partial charge in [-0.05, 0) is 91.9 Å². The zero-order valence-corrected chi connectivity index (χ0v) is 22.4. The summed E-state index contributed by atoms with van der Waals surface area (Å²) >= 11 is 9.88. The van der Waals surface area contributed by atoms with Crippen molar-refractivity contribution in [2.45, 2.75) is 46.4 Å². The number of hydrogen-bond acceptors (Lipinski definition) is 5. The summed E-state index contributed by atoms with van der Waals surface area (Å²) in [5, 5.41) is 1.40. The van der Waals surface area contributed by atoms with Crippen molar-refractivity contribution in [1.29, 1.82) is 0 Å². The van der Waals surface area contributed by atoms with Crippen LogP contribution in [-0.4, -0.2) is 35.2 Å². The second-order valence-corrected chi connectivity index (χ2v) is 10.4. The van der Waals surface area contributed by atoms with Crippen molar-refractivity contribution in [3.63, 3.8) is 0 Å². The summed E-state index contributed by atoms with van der Waals surface area (Å²) in [6.45, 7) is 8.33. The van der Waals surface area contributed by atoms with Crippen molar-refractivity contribution in [3.8, 4) is 11.5 Å². The smallest absolute Gasteiger partial charge is 0.266 e. The highest BCUT2D eigenvalue weighted by Crippen LogP contribution is 2.38. The molecule has 0 spiro atoms. The molecule has 1 aliphatic heterocycles. The number of thioether (sulfide) groups is 1. The van der Waals surface area contributed by atoms with Gasteiger partial charge in [0.25, 0.3) is 5.91 Å². The molecule has 0 N–H and O–H groups in total. The minimum absolute atomic E-state index is 0.0302. The minimum Gasteiger partial charge on any atom is -0.493 e. The maximum absolute atomic E-state index is 13.0. The molecule has 0 saturated carbocycles. The number of methoxy groups -OCH3 is 1. The molecular formula is C24H26ClIN2O3S. The molecule has 3 rings (SSSR count). The number of halogens is 2. The monoisotopic (exact) mass is 584 g/mol. The average molecular weight is 585 g/mol. The van der Waals surface area contributed by atoms with Gasteiger partial charge in [0.05, 0.1) is 15.6 Å². The number of aliphatic imine (C=N–C) groups is 1. The van der Waals surface area contributed by atoms with E-state index in [0.29, 0.717) is 28.0 Å². The van der Waals surface area contributed by atoms with Crippen LogP contribution in [0.4, 0.5) is 0 Å². The third kappa shape index (κ3) is 5.80. The second-order valence-electron chi connectivity index (χ2n) is 7.80. The third-order valence-corrected chi connectivity index (χ3v) is 6.77. The Hall–Kier alpha value is -1.71. The predicted molar refractivity (Wildman–Crippen MR) is 142 cm³/mol. The van der Waals surface area contributed by atoms with Crippen LogP contribution in [0.1, 0.15) is 38.8 Å². The van der Waals surface area contributed by atoms with Crippen LogP contribution in [-0.2, 0) is 11.4 Å². The van der Waals surface area contributed by atoms with E-state index >= 15 is 0 Å². The number of amides is 1. The highest BCUT2D eigenvalue weighted by molar-refractivity contribution is 14.1. The summed E-state index contributed by atoms with van der Waals surface area (Å²) in [5.74, 6) is 1.21. The van der Waals surface area contributed by atoms with Crippen molar-refractivity contribution in [2.24, 2.45) is 4.99 Å². The van der Waals surface area contributed by atoms with Gasteiger partial charge in [-0.2, -0.15) is 0 Å². The van der Waals surface area contributed by atoms with Gasteiger partial charge in [-0.15, -0.1) is 0 Å².